The van der Waals surface area contributed by atoms with Crippen molar-refractivity contribution in [2.45, 2.75) is 46.1 Å². The number of ether oxygens (including phenoxy) is 1. The van der Waals surface area contributed by atoms with E-state index >= 15 is 0 Å². The van der Waals surface area contributed by atoms with Gasteiger partial charge in [0.2, 0.25) is 5.91 Å². The molecule has 2 rings (SSSR count). The molecule has 0 radical (unpaired) electrons. The van der Waals surface area contributed by atoms with Gasteiger partial charge >= 0.3 is 6.09 Å². The molecule has 154 valence electrons. The van der Waals surface area contributed by atoms with Gasteiger partial charge in [-0.25, -0.2) is 4.79 Å². The number of alkyl carbamates (subject to hydrolysis) is 1. The highest BCUT2D eigenvalue weighted by atomic mass is 16.6. The maximum Gasteiger partial charge on any atom is 0.407 e. The highest BCUT2D eigenvalue weighted by Crippen LogP contribution is 2.11. The maximum absolute atomic E-state index is 12.7. The molecule has 0 aliphatic carbocycles. The zero-order valence-corrected chi connectivity index (χ0v) is 17.3. The summed E-state index contributed by atoms with van der Waals surface area (Å²) in [4.78, 5) is 40.3. The highest BCUT2D eigenvalue weighted by Gasteiger charge is 2.23. The Hall–Kier alpha value is -2.57. The van der Waals surface area contributed by atoms with Crippen molar-refractivity contribution in [3.8, 4) is 0 Å². The average Bonchev–Trinajstić information content (AvgIpc) is 2.86. The molecule has 0 spiro atoms. The van der Waals surface area contributed by atoms with Crippen LogP contribution in [0.1, 0.15) is 49.5 Å². The van der Waals surface area contributed by atoms with Crippen LogP contribution in [0.3, 0.4) is 0 Å². The Morgan fingerprint density at radius 2 is 1.61 bits per heavy atom. The minimum atomic E-state index is -0.563. The molecule has 1 saturated heterocycles. The molecule has 1 fully saturated rings. The van der Waals surface area contributed by atoms with Gasteiger partial charge in [0.1, 0.15) is 5.60 Å². The number of hydrogen-bond acceptors (Lipinski definition) is 4. The lowest BCUT2D eigenvalue weighted by Gasteiger charge is -2.23. The minimum absolute atomic E-state index is 0.000825. The van der Waals surface area contributed by atoms with E-state index in [9.17, 15) is 14.4 Å². The molecule has 7 heteroatoms. The molecule has 28 heavy (non-hydrogen) atoms. The standard InChI is InChI=1S/C21H31N3O4/c1-16-6-8-17(9-7-16)19(26)24-13-5-12-23(14-15-24)18(25)10-11-22-20(27)28-21(2,3)4/h6-9H,5,10-15H2,1-4H3,(H,22,27). The van der Waals surface area contributed by atoms with Crippen LogP contribution in [0.2, 0.25) is 0 Å². The van der Waals surface area contributed by atoms with Crippen molar-refractivity contribution in [1.29, 1.82) is 0 Å². The Kier molecular flexibility index (Phi) is 7.43. The highest BCUT2D eigenvalue weighted by molar-refractivity contribution is 5.94. The molecule has 1 aliphatic heterocycles. The predicted molar refractivity (Wildman–Crippen MR) is 107 cm³/mol. The van der Waals surface area contributed by atoms with Crippen molar-refractivity contribution < 1.29 is 19.1 Å². The van der Waals surface area contributed by atoms with Gasteiger partial charge in [-0.3, -0.25) is 9.59 Å². The minimum Gasteiger partial charge on any atom is -0.444 e. The smallest absolute Gasteiger partial charge is 0.407 e. The summed E-state index contributed by atoms with van der Waals surface area (Å²) in [6, 6.07) is 7.54. The Morgan fingerprint density at radius 1 is 1.00 bits per heavy atom. The molecular formula is C21H31N3O4. The number of hydrogen-bond donors (Lipinski definition) is 1. The van der Waals surface area contributed by atoms with E-state index in [4.69, 9.17) is 4.74 Å². The Labute approximate surface area is 167 Å². The van der Waals surface area contributed by atoms with E-state index in [1.165, 1.54) is 0 Å². The number of carbonyl (C=O) groups is 3. The van der Waals surface area contributed by atoms with Gasteiger partial charge < -0.3 is 19.9 Å². The van der Waals surface area contributed by atoms with Crippen molar-refractivity contribution >= 4 is 17.9 Å². The fourth-order valence-electron chi connectivity index (χ4n) is 2.99. The Bertz CT molecular complexity index is 695. The first kappa shape index (κ1) is 21.7. The van der Waals surface area contributed by atoms with Crippen molar-refractivity contribution in [1.82, 2.24) is 15.1 Å². The van der Waals surface area contributed by atoms with E-state index in [-0.39, 0.29) is 24.8 Å². The molecule has 3 amide bonds. The number of nitrogens with one attached hydrogen (secondary N) is 1. The third-order valence-electron chi connectivity index (χ3n) is 4.44. The summed E-state index contributed by atoms with van der Waals surface area (Å²) in [7, 11) is 0. The number of nitrogens with zero attached hydrogens (tertiary/aromatic N) is 2. The number of benzene rings is 1. The molecule has 0 saturated carbocycles. The summed E-state index contributed by atoms with van der Waals surface area (Å²) in [6.45, 7) is 9.85. The lowest BCUT2D eigenvalue weighted by atomic mass is 10.1. The second-order valence-corrected chi connectivity index (χ2v) is 8.07. The van der Waals surface area contributed by atoms with E-state index in [1.54, 1.807) is 30.6 Å². The molecule has 0 atom stereocenters. The van der Waals surface area contributed by atoms with Crippen LogP contribution in [0.15, 0.2) is 24.3 Å². The molecular weight excluding hydrogens is 358 g/mol. The average molecular weight is 389 g/mol. The molecule has 1 N–H and O–H groups in total. The third-order valence-corrected chi connectivity index (χ3v) is 4.44. The van der Waals surface area contributed by atoms with Crippen LogP contribution in [0.5, 0.6) is 0 Å². The van der Waals surface area contributed by atoms with Crippen LogP contribution in [0, 0.1) is 6.92 Å². The van der Waals surface area contributed by atoms with Crippen LogP contribution < -0.4 is 5.32 Å². The number of aryl methyl sites for hydroxylation is 1. The summed E-state index contributed by atoms with van der Waals surface area (Å²) in [6.07, 6.45) is 0.430. The topological polar surface area (TPSA) is 79.0 Å². The second kappa shape index (κ2) is 9.57. The first-order chi connectivity index (χ1) is 13.2. The number of amides is 3. The van der Waals surface area contributed by atoms with E-state index in [2.05, 4.69) is 5.32 Å². The van der Waals surface area contributed by atoms with Gasteiger partial charge in [0.25, 0.3) is 5.91 Å². The van der Waals surface area contributed by atoms with Gasteiger partial charge in [-0.2, -0.15) is 0 Å². The SMILES string of the molecule is Cc1ccc(C(=O)N2CCCN(C(=O)CCNC(=O)OC(C)(C)C)CC2)cc1. The fourth-order valence-corrected chi connectivity index (χ4v) is 2.99. The van der Waals surface area contributed by atoms with Crippen LogP contribution >= 0.6 is 0 Å². The molecule has 0 bridgehead atoms. The second-order valence-electron chi connectivity index (χ2n) is 8.07. The summed E-state index contributed by atoms with van der Waals surface area (Å²) in [5.74, 6) is -0.0263. The number of rotatable bonds is 4. The van der Waals surface area contributed by atoms with Crippen molar-refractivity contribution in [3.63, 3.8) is 0 Å². The van der Waals surface area contributed by atoms with Crippen LogP contribution in [0.4, 0.5) is 4.79 Å². The molecule has 7 nitrogen and oxygen atoms in total. The van der Waals surface area contributed by atoms with E-state index < -0.39 is 11.7 Å². The lowest BCUT2D eigenvalue weighted by molar-refractivity contribution is -0.130. The predicted octanol–water partition coefficient (Wildman–Crippen LogP) is 2.58. The van der Waals surface area contributed by atoms with Gasteiger partial charge in [0.15, 0.2) is 0 Å². The molecule has 1 heterocycles. The maximum atomic E-state index is 12.7. The van der Waals surface area contributed by atoms with Gasteiger partial charge in [0, 0.05) is 44.7 Å². The van der Waals surface area contributed by atoms with Crippen LogP contribution in [-0.2, 0) is 9.53 Å². The molecule has 0 aromatic heterocycles. The first-order valence-corrected chi connectivity index (χ1v) is 9.76. The largest absolute Gasteiger partial charge is 0.444 e. The lowest BCUT2D eigenvalue weighted by Crippen LogP contribution is -2.39. The normalized spacial score (nSPS) is 15.0. The zero-order chi connectivity index (χ0) is 20.7. The first-order valence-electron chi connectivity index (χ1n) is 9.76. The van der Waals surface area contributed by atoms with E-state index in [0.29, 0.717) is 31.7 Å². The molecule has 1 aromatic carbocycles. The van der Waals surface area contributed by atoms with Crippen LogP contribution in [-0.4, -0.2) is 66.0 Å². The zero-order valence-electron chi connectivity index (χ0n) is 17.3. The van der Waals surface area contributed by atoms with Gasteiger partial charge in [0.05, 0.1) is 0 Å². The van der Waals surface area contributed by atoms with Gasteiger partial charge in [-0.1, -0.05) is 17.7 Å². The van der Waals surface area contributed by atoms with Crippen molar-refractivity contribution in [2.24, 2.45) is 0 Å². The molecule has 0 unspecified atom stereocenters. The van der Waals surface area contributed by atoms with Crippen molar-refractivity contribution in [2.75, 3.05) is 32.7 Å². The van der Waals surface area contributed by atoms with E-state index in [0.717, 1.165) is 12.0 Å². The number of carbonyl (C=O) groups excluding carboxylic acids is 3. The summed E-state index contributed by atoms with van der Waals surface area (Å²) in [5, 5.41) is 2.60. The Balaban J connectivity index is 1.79. The Morgan fingerprint density at radius 3 is 2.25 bits per heavy atom. The summed E-state index contributed by atoms with van der Waals surface area (Å²) >= 11 is 0. The van der Waals surface area contributed by atoms with Crippen molar-refractivity contribution in [3.05, 3.63) is 35.4 Å². The summed E-state index contributed by atoms with van der Waals surface area (Å²) in [5.41, 5.74) is 1.22. The van der Waals surface area contributed by atoms with E-state index in [1.807, 2.05) is 31.2 Å². The van der Waals surface area contributed by atoms with Crippen LogP contribution in [0.25, 0.3) is 0 Å². The fraction of sp³-hybridized carbons (Fsp3) is 0.571. The monoisotopic (exact) mass is 389 g/mol. The summed E-state index contributed by atoms with van der Waals surface area (Å²) < 4.78 is 5.16. The molecule has 1 aromatic rings. The quantitative estimate of drug-likeness (QED) is 0.858. The third kappa shape index (κ3) is 6.87. The molecule has 1 aliphatic rings. The van der Waals surface area contributed by atoms with Gasteiger partial charge in [-0.15, -0.1) is 0 Å². The van der Waals surface area contributed by atoms with Gasteiger partial charge in [-0.05, 0) is 46.2 Å².